The van der Waals surface area contributed by atoms with Crippen LogP contribution in [0.2, 0.25) is 0 Å². The van der Waals surface area contributed by atoms with Gasteiger partial charge < -0.3 is 19.1 Å². The van der Waals surface area contributed by atoms with E-state index in [1.165, 1.54) is 17.0 Å². The number of hydrogen-bond donors (Lipinski definition) is 0. The van der Waals surface area contributed by atoms with Crippen LogP contribution in [0.5, 0.6) is 11.5 Å². The molecule has 0 N–H and O–H groups in total. The molecule has 0 bridgehead atoms. The number of benzene rings is 2. The van der Waals surface area contributed by atoms with E-state index in [0.717, 1.165) is 5.56 Å². The SMILES string of the molecule is COc1ccc(OCC(=O)OCC(=O)N2CCCc3cc([N+](=O)[O-])ccc32)cc1. The summed E-state index contributed by atoms with van der Waals surface area (Å²) in [5.41, 5.74) is 1.32. The first-order valence-corrected chi connectivity index (χ1v) is 8.98. The summed E-state index contributed by atoms with van der Waals surface area (Å²) in [5.74, 6) is 0.0750. The molecular weight excluding hydrogens is 380 g/mol. The first-order valence-electron chi connectivity index (χ1n) is 8.98. The number of esters is 1. The van der Waals surface area contributed by atoms with Crippen molar-refractivity contribution >= 4 is 23.3 Å². The summed E-state index contributed by atoms with van der Waals surface area (Å²) in [6, 6.07) is 11.1. The van der Waals surface area contributed by atoms with Gasteiger partial charge in [0.15, 0.2) is 13.2 Å². The lowest BCUT2D eigenvalue weighted by atomic mass is 10.0. The standard InChI is InChI=1S/C20H20N2O7/c1-27-16-5-7-17(8-6-16)28-13-20(24)29-12-19(23)21-10-2-3-14-11-15(22(25)26)4-9-18(14)21/h4-9,11H,2-3,10,12-13H2,1H3. The monoisotopic (exact) mass is 400 g/mol. The van der Waals surface area contributed by atoms with E-state index in [2.05, 4.69) is 0 Å². The molecule has 29 heavy (non-hydrogen) atoms. The van der Waals surface area contributed by atoms with Crippen molar-refractivity contribution in [1.82, 2.24) is 0 Å². The molecule has 0 saturated carbocycles. The van der Waals surface area contributed by atoms with Crippen molar-refractivity contribution in [3.63, 3.8) is 0 Å². The average Bonchev–Trinajstić information content (AvgIpc) is 2.75. The van der Waals surface area contributed by atoms with Gasteiger partial charge in [-0.2, -0.15) is 0 Å². The Bertz CT molecular complexity index is 912. The van der Waals surface area contributed by atoms with Crippen molar-refractivity contribution in [2.24, 2.45) is 0 Å². The van der Waals surface area contributed by atoms with E-state index in [0.29, 0.717) is 36.6 Å². The molecule has 0 unspecified atom stereocenters. The van der Waals surface area contributed by atoms with E-state index < -0.39 is 23.4 Å². The number of nitro groups is 1. The predicted octanol–water partition coefficient (Wildman–Crippen LogP) is 2.50. The van der Waals surface area contributed by atoms with Gasteiger partial charge >= 0.3 is 5.97 Å². The van der Waals surface area contributed by atoms with Crippen LogP contribution < -0.4 is 14.4 Å². The van der Waals surface area contributed by atoms with Crippen molar-refractivity contribution in [3.05, 3.63) is 58.1 Å². The molecule has 0 aliphatic carbocycles. The van der Waals surface area contributed by atoms with Gasteiger partial charge in [-0.05, 0) is 48.7 Å². The van der Waals surface area contributed by atoms with Crippen LogP contribution in [0.1, 0.15) is 12.0 Å². The summed E-state index contributed by atoms with van der Waals surface area (Å²) in [4.78, 5) is 36.3. The number of non-ortho nitro benzene ring substituents is 1. The minimum absolute atomic E-state index is 0.0137. The molecule has 2 aromatic rings. The summed E-state index contributed by atoms with van der Waals surface area (Å²) in [7, 11) is 1.55. The minimum atomic E-state index is -0.671. The maximum absolute atomic E-state index is 12.5. The second-order valence-corrected chi connectivity index (χ2v) is 6.34. The van der Waals surface area contributed by atoms with Crippen LogP contribution in [0, 0.1) is 10.1 Å². The maximum atomic E-state index is 12.5. The molecular formula is C20H20N2O7. The third-order valence-electron chi connectivity index (χ3n) is 4.47. The molecule has 0 fully saturated rings. The highest BCUT2D eigenvalue weighted by Crippen LogP contribution is 2.30. The van der Waals surface area contributed by atoms with Gasteiger partial charge in [-0.25, -0.2) is 4.79 Å². The molecule has 0 atom stereocenters. The number of anilines is 1. The van der Waals surface area contributed by atoms with Gasteiger partial charge in [0, 0.05) is 24.4 Å². The number of fused-ring (bicyclic) bond motifs is 1. The number of hydrogen-bond acceptors (Lipinski definition) is 7. The number of methoxy groups -OCH3 is 1. The van der Waals surface area contributed by atoms with Crippen LogP contribution >= 0.6 is 0 Å². The minimum Gasteiger partial charge on any atom is -0.497 e. The van der Waals surface area contributed by atoms with Gasteiger partial charge in [0.2, 0.25) is 0 Å². The molecule has 1 heterocycles. The highest BCUT2D eigenvalue weighted by Gasteiger charge is 2.25. The van der Waals surface area contributed by atoms with Crippen LogP contribution in [-0.2, 0) is 20.7 Å². The molecule has 0 spiro atoms. The van der Waals surface area contributed by atoms with Gasteiger partial charge in [0.1, 0.15) is 11.5 Å². The van der Waals surface area contributed by atoms with Crippen LogP contribution in [0.15, 0.2) is 42.5 Å². The van der Waals surface area contributed by atoms with Crippen molar-refractivity contribution in [1.29, 1.82) is 0 Å². The number of carbonyl (C=O) groups is 2. The lowest BCUT2D eigenvalue weighted by Gasteiger charge is -2.29. The largest absolute Gasteiger partial charge is 0.497 e. The van der Waals surface area contributed by atoms with Crippen molar-refractivity contribution in [2.75, 3.05) is 31.8 Å². The highest BCUT2D eigenvalue weighted by atomic mass is 16.6. The Morgan fingerprint density at radius 3 is 2.52 bits per heavy atom. The molecule has 2 aromatic carbocycles. The number of nitrogens with zero attached hydrogens (tertiary/aromatic N) is 2. The number of aryl methyl sites for hydroxylation is 1. The van der Waals surface area contributed by atoms with E-state index in [-0.39, 0.29) is 12.3 Å². The Hall–Kier alpha value is -3.62. The van der Waals surface area contributed by atoms with Gasteiger partial charge in [-0.3, -0.25) is 14.9 Å². The Balaban J connectivity index is 1.53. The smallest absolute Gasteiger partial charge is 0.344 e. The van der Waals surface area contributed by atoms with Gasteiger partial charge in [0.25, 0.3) is 11.6 Å². The molecule has 9 heteroatoms. The van der Waals surface area contributed by atoms with Crippen molar-refractivity contribution in [3.8, 4) is 11.5 Å². The summed E-state index contributed by atoms with van der Waals surface area (Å²) in [6.45, 7) is -0.298. The number of amides is 1. The molecule has 1 aliphatic rings. The van der Waals surface area contributed by atoms with Crippen molar-refractivity contribution < 1.29 is 28.7 Å². The number of rotatable bonds is 7. The number of ether oxygens (including phenoxy) is 3. The molecule has 0 aromatic heterocycles. The Morgan fingerprint density at radius 1 is 1.10 bits per heavy atom. The zero-order valence-corrected chi connectivity index (χ0v) is 15.8. The van der Waals surface area contributed by atoms with Crippen LogP contribution in [0.25, 0.3) is 0 Å². The van der Waals surface area contributed by atoms with Crippen molar-refractivity contribution in [2.45, 2.75) is 12.8 Å². The zero-order valence-electron chi connectivity index (χ0n) is 15.8. The van der Waals surface area contributed by atoms with E-state index >= 15 is 0 Å². The first-order chi connectivity index (χ1) is 14.0. The zero-order chi connectivity index (χ0) is 20.8. The summed E-state index contributed by atoms with van der Waals surface area (Å²) < 4.78 is 15.4. The Kier molecular flexibility index (Phi) is 6.28. The normalized spacial score (nSPS) is 12.7. The molecule has 0 radical (unpaired) electrons. The molecule has 0 saturated heterocycles. The summed E-state index contributed by atoms with van der Waals surface area (Å²) in [5, 5.41) is 10.9. The van der Waals surface area contributed by atoms with E-state index in [4.69, 9.17) is 14.2 Å². The lowest BCUT2D eigenvalue weighted by molar-refractivity contribution is -0.384. The third-order valence-corrected chi connectivity index (χ3v) is 4.47. The molecule has 152 valence electrons. The van der Waals surface area contributed by atoms with E-state index in [1.54, 1.807) is 37.4 Å². The van der Waals surface area contributed by atoms with E-state index in [9.17, 15) is 19.7 Å². The lowest BCUT2D eigenvalue weighted by Crippen LogP contribution is -2.38. The van der Waals surface area contributed by atoms with Gasteiger partial charge in [0.05, 0.1) is 12.0 Å². The number of carbonyl (C=O) groups excluding carboxylic acids is 2. The molecule has 1 amide bonds. The molecule has 9 nitrogen and oxygen atoms in total. The quantitative estimate of drug-likeness (QED) is 0.399. The van der Waals surface area contributed by atoms with Gasteiger partial charge in [-0.1, -0.05) is 0 Å². The number of nitro benzene ring substituents is 1. The topological polar surface area (TPSA) is 108 Å². The van der Waals surface area contributed by atoms with Gasteiger partial charge in [-0.15, -0.1) is 0 Å². The fourth-order valence-electron chi connectivity index (χ4n) is 3.03. The average molecular weight is 400 g/mol. The maximum Gasteiger partial charge on any atom is 0.344 e. The molecule has 1 aliphatic heterocycles. The fourth-order valence-corrected chi connectivity index (χ4v) is 3.03. The fraction of sp³-hybridized carbons (Fsp3) is 0.300. The predicted molar refractivity (Wildman–Crippen MR) is 103 cm³/mol. The first kappa shape index (κ1) is 20.1. The molecule has 3 rings (SSSR count). The second-order valence-electron chi connectivity index (χ2n) is 6.34. The Morgan fingerprint density at radius 2 is 1.83 bits per heavy atom. The van der Waals surface area contributed by atoms with Crippen LogP contribution in [-0.4, -0.2) is 43.7 Å². The van der Waals surface area contributed by atoms with Crippen LogP contribution in [0.4, 0.5) is 11.4 Å². The second kappa shape index (κ2) is 9.05. The van der Waals surface area contributed by atoms with E-state index in [1.807, 2.05) is 0 Å². The van der Waals surface area contributed by atoms with Crippen LogP contribution in [0.3, 0.4) is 0 Å². The third kappa shape index (κ3) is 5.01. The summed E-state index contributed by atoms with van der Waals surface area (Å²) in [6.07, 6.45) is 1.32. The Labute approximate surface area is 166 Å². The summed E-state index contributed by atoms with van der Waals surface area (Å²) >= 11 is 0. The highest BCUT2D eigenvalue weighted by molar-refractivity contribution is 5.96.